The van der Waals surface area contributed by atoms with Crippen molar-refractivity contribution in [3.8, 4) is 17.2 Å². The van der Waals surface area contributed by atoms with E-state index >= 15 is 0 Å². The predicted molar refractivity (Wildman–Crippen MR) is 85.1 cm³/mol. The van der Waals surface area contributed by atoms with Gasteiger partial charge in [0.05, 0.1) is 7.11 Å². The highest BCUT2D eigenvalue weighted by Gasteiger charge is 2.14. The maximum absolute atomic E-state index is 12.1. The summed E-state index contributed by atoms with van der Waals surface area (Å²) in [5, 5.41) is 7.98. The molecule has 0 aliphatic heterocycles. The summed E-state index contributed by atoms with van der Waals surface area (Å²) < 4.78 is 10.6. The fourth-order valence-electron chi connectivity index (χ4n) is 1.91. The summed E-state index contributed by atoms with van der Waals surface area (Å²) in [7, 11) is 1.60. The molecule has 23 heavy (non-hydrogen) atoms. The molecule has 0 atom stereocenters. The number of benzene rings is 1. The van der Waals surface area contributed by atoms with Crippen molar-refractivity contribution in [3.63, 3.8) is 0 Å². The van der Waals surface area contributed by atoms with E-state index in [1.165, 1.54) is 0 Å². The van der Waals surface area contributed by atoms with E-state index in [4.69, 9.17) is 9.15 Å². The molecular weight excluding hydrogens is 314 g/mol. The smallest absolute Gasteiger partial charge is 0.284 e. The van der Waals surface area contributed by atoms with Gasteiger partial charge in [0, 0.05) is 36.1 Å². The molecule has 0 fully saturated rings. The van der Waals surface area contributed by atoms with Gasteiger partial charge in [-0.25, -0.2) is 0 Å². The number of ether oxygens (including phenoxy) is 1. The molecule has 0 bridgehead atoms. The summed E-state index contributed by atoms with van der Waals surface area (Å²) in [6.07, 6.45) is 3.56. The summed E-state index contributed by atoms with van der Waals surface area (Å²) in [4.78, 5) is 16.0. The van der Waals surface area contributed by atoms with Crippen LogP contribution in [-0.2, 0) is 11.2 Å². The third-order valence-corrected chi connectivity index (χ3v) is 3.75. The maximum atomic E-state index is 12.1. The normalized spacial score (nSPS) is 10.5. The first-order chi connectivity index (χ1) is 11.2. The standard InChI is InChI=1S/C16H13N3O3S/c1-21-13-4-2-11(3-5-13)10-14(20)23-16-19-18-15(22-16)12-6-8-17-9-7-12/h2-9H,10H2,1H3. The minimum absolute atomic E-state index is 0.0694. The molecule has 2 heterocycles. The topological polar surface area (TPSA) is 78.1 Å². The van der Waals surface area contributed by atoms with Crippen molar-refractivity contribution >= 4 is 16.9 Å². The number of aromatic nitrogens is 3. The lowest BCUT2D eigenvalue weighted by Gasteiger charge is -2.01. The van der Waals surface area contributed by atoms with E-state index in [2.05, 4.69) is 15.2 Å². The van der Waals surface area contributed by atoms with Crippen molar-refractivity contribution in [1.29, 1.82) is 0 Å². The van der Waals surface area contributed by atoms with E-state index in [-0.39, 0.29) is 16.8 Å². The van der Waals surface area contributed by atoms with Gasteiger partial charge in [-0.15, -0.1) is 10.2 Å². The van der Waals surface area contributed by atoms with Crippen LogP contribution in [0.3, 0.4) is 0 Å². The number of thioether (sulfide) groups is 1. The van der Waals surface area contributed by atoms with E-state index in [1.807, 2.05) is 24.3 Å². The summed E-state index contributed by atoms with van der Waals surface area (Å²) in [5.41, 5.74) is 1.67. The van der Waals surface area contributed by atoms with Crippen LogP contribution in [0, 0.1) is 0 Å². The average Bonchev–Trinajstić information content (AvgIpc) is 3.04. The number of rotatable bonds is 5. The van der Waals surface area contributed by atoms with Gasteiger partial charge >= 0.3 is 0 Å². The third kappa shape index (κ3) is 3.95. The van der Waals surface area contributed by atoms with E-state index in [0.717, 1.165) is 28.6 Å². The summed E-state index contributed by atoms with van der Waals surface area (Å²) in [5.74, 6) is 1.12. The molecule has 0 saturated carbocycles. The molecule has 7 heteroatoms. The Morgan fingerprint density at radius 3 is 2.57 bits per heavy atom. The van der Waals surface area contributed by atoms with Crippen LogP contribution in [0.4, 0.5) is 0 Å². The minimum Gasteiger partial charge on any atom is -0.497 e. The summed E-state index contributed by atoms with van der Waals surface area (Å²) in [6, 6.07) is 10.9. The molecular formula is C16H13N3O3S. The fourth-order valence-corrected chi connectivity index (χ4v) is 2.54. The maximum Gasteiger partial charge on any atom is 0.284 e. The highest BCUT2D eigenvalue weighted by atomic mass is 32.2. The average molecular weight is 327 g/mol. The lowest BCUT2D eigenvalue weighted by molar-refractivity contribution is -0.110. The molecule has 0 N–H and O–H groups in total. The van der Waals surface area contributed by atoms with Gasteiger partial charge in [-0.05, 0) is 29.8 Å². The van der Waals surface area contributed by atoms with Crippen LogP contribution in [0.5, 0.6) is 5.75 Å². The van der Waals surface area contributed by atoms with Crippen LogP contribution >= 0.6 is 11.8 Å². The zero-order chi connectivity index (χ0) is 16.1. The predicted octanol–water partition coefficient (Wildman–Crippen LogP) is 3.00. The van der Waals surface area contributed by atoms with Crippen molar-refractivity contribution < 1.29 is 13.9 Å². The van der Waals surface area contributed by atoms with Crippen LogP contribution in [0.1, 0.15) is 5.56 Å². The van der Waals surface area contributed by atoms with Gasteiger partial charge in [0.1, 0.15) is 5.75 Å². The number of methoxy groups -OCH3 is 1. The van der Waals surface area contributed by atoms with Crippen molar-refractivity contribution in [3.05, 3.63) is 54.4 Å². The Labute approximate surface area is 136 Å². The molecule has 116 valence electrons. The van der Waals surface area contributed by atoms with Gasteiger partial charge in [-0.1, -0.05) is 12.1 Å². The molecule has 1 aromatic carbocycles. The Kier molecular flexibility index (Phi) is 4.68. The molecule has 2 aromatic heterocycles. The molecule has 3 rings (SSSR count). The molecule has 3 aromatic rings. The van der Waals surface area contributed by atoms with E-state index in [9.17, 15) is 4.79 Å². The van der Waals surface area contributed by atoms with Crippen molar-refractivity contribution in [1.82, 2.24) is 15.2 Å². The SMILES string of the molecule is COc1ccc(CC(=O)Sc2nnc(-c3ccncc3)o2)cc1. The van der Waals surface area contributed by atoms with E-state index in [0.29, 0.717) is 5.89 Å². The Hall–Kier alpha value is -2.67. The second-order valence-electron chi connectivity index (χ2n) is 4.61. The van der Waals surface area contributed by atoms with Gasteiger partial charge in [-0.2, -0.15) is 0 Å². The first-order valence-corrected chi connectivity index (χ1v) is 7.64. The van der Waals surface area contributed by atoms with Gasteiger partial charge in [0.15, 0.2) is 0 Å². The molecule has 0 radical (unpaired) electrons. The van der Waals surface area contributed by atoms with Crippen LogP contribution in [-0.4, -0.2) is 27.4 Å². The lowest BCUT2D eigenvalue weighted by atomic mass is 10.2. The Morgan fingerprint density at radius 1 is 1.13 bits per heavy atom. The number of hydrogen-bond acceptors (Lipinski definition) is 7. The summed E-state index contributed by atoms with van der Waals surface area (Å²) >= 11 is 0.938. The van der Waals surface area contributed by atoms with Crippen LogP contribution in [0.2, 0.25) is 0 Å². The van der Waals surface area contributed by atoms with Gasteiger partial charge in [0.2, 0.25) is 11.0 Å². The highest BCUT2D eigenvalue weighted by molar-refractivity contribution is 8.13. The lowest BCUT2D eigenvalue weighted by Crippen LogP contribution is -1.97. The molecule has 0 saturated heterocycles. The molecule has 0 unspecified atom stereocenters. The van der Waals surface area contributed by atoms with Gasteiger partial charge in [0.25, 0.3) is 5.22 Å². The molecule has 6 nitrogen and oxygen atoms in total. The second-order valence-corrected chi connectivity index (χ2v) is 5.62. The van der Waals surface area contributed by atoms with Crippen molar-refractivity contribution in [2.24, 2.45) is 0 Å². The molecule has 0 amide bonds. The van der Waals surface area contributed by atoms with Crippen molar-refractivity contribution in [2.75, 3.05) is 7.11 Å². The fraction of sp³-hybridized carbons (Fsp3) is 0.125. The minimum atomic E-state index is -0.0694. The van der Waals surface area contributed by atoms with E-state index < -0.39 is 0 Å². The Bertz CT molecular complexity index is 788. The van der Waals surface area contributed by atoms with Crippen molar-refractivity contribution in [2.45, 2.75) is 11.6 Å². The zero-order valence-electron chi connectivity index (χ0n) is 12.3. The van der Waals surface area contributed by atoms with Crippen LogP contribution in [0.15, 0.2) is 58.4 Å². The van der Waals surface area contributed by atoms with Gasteiger partial charge < -0.3 is 9.15 Å². The van der Waals surface area contributed by atoms with Crippen LogP contribution < -0.4 is 4.74 Å². The zero-order valence-corrected chi connectivity index (χ0v) is 13.1. The largest absolute Gasteiger partial charge is 0.497 e. The highest BCUT2D eigenvalue weighted by Crippen LogP contribution is 2.24. The second kappa shape index (κ2) is 7.06. The first kappa shape index (κ1) is 15.2. The number of nitrogens with zero attached hydrogens (tertiary/aromatic N) is 3. The Balaban J connectivity index is 1.63. The number of pyridine rings is 1. The van der Waals surface area contributed by atoms with Crippen LogP contribution in [0.25, 0.3) is 11.5 Å². The first-order valence-electron chi connectivity index (χ1n) is 6.82. The summed E-state index contributed by atoms with van der Waals surface area (Å²) in [6.45, 7) is 0. The quantitative estimate of drug-likeness (QED) is 0.666. The van der Waals surface area contributed by atoms with Gasteiger partial charge in [-0.3, -0.25) is 9.78 Å². The number of carbonyl (C=O) groups excluding carboxylic acids is 1. The molecule has 0 aliphatic carbocycles. The molecule has 0 spiro atoms. The number of carbonyl (C=O) groups is 1. The number of hydrogen-bond donors (Lipinski definition) is 0. The molecule has 0 aliphatic rings. The monoisotopic (exact) mass is 327 g/mol. The van der Waals surface area contributed by atoms with E-state index in [1.54, 1.807) is 31.6 Å². The third-order valence-electron chi connectivity index (χ3n) is 3.04. The Morgan fingerprint density at radius 2 is 1.87 bits per heavy atom.